The molecule has 160 valence electrons. The van der Waals surface area contributed by atoms with Crippen LogP contribution < -0.4 is 10.1 Å². The molecule has 31 heavy (non-hydrogen) atoms. The fraction of sp³-hybridized carbons (Fsp3) is 0.308. The molecule has 4 rings (SSSR count). The molecule has 0 radical (unpaired) electrons. The molecular weight excluding hydrogens is 390 g/mol. The lowest BCUT2D eigenvalue weighted by molar-refractivity contribution is -0.138. The summed E-state index contributed by atoms with van der Waals surface area (Å²) in [6.45, 7) is 4.33. The summed E-state index contributed by atoms with van der Waals surface area (Å²) in [4.78, 5) is 26.0. The number of benzene rings is 2. The highest BCUT2D eigenvalue weighted by molar-refractivity contribution is 6.04. The van der Waals surface area contributed by atoms with Crippen LogP contribution >= 0.6 is 0 Å². The van der Waals surface area contributed by atoms with Gasteiger partial charge in [0.25, 0.3) is 0 Å². The Bertz CT molecular complexity index is 1050. The third kappa shape index (κ3) is 4.26. The van der Waals surface area contributed by atoms with E-state index in [1.165, 1.54) is 0 Å². The Morgan fingerprint density at radius 3 is 2.58 bits per heavy atom. The smallest absolute Gasteiger partial charge is 0.336 e. The highest BCUT2D eigenvalue weighted by Crippen LogP contribution is 2.45. The molecule has 2 aromatic rings. The van der Waals surface area contributed by atoms with Crippen LogP contribution in [0.5, 0.6) is 5.75 Å². The van der Waals surface area contributed by atoms with Crippen molar-refractivity contribution in [3.8, 4) is 5.75 Å². The number of ketones is 1. The van der Waals surface area contributed by atoms with Crippen LogP contribution in [0, 0.1) is 0 Å². The second-order valence-electron chi connectivity index (χ2n) is 7.80. The Morgan fingerprint density at radius 2 is 1.81 bits per heavy atom. The van der Waals surface area contributed by atoms with Crippen LogP contribution in [0.1, 0.15) is 50.2 Å². The highest BCUT2D eigenvalue weighted by atomic mass is 16.5. The number of para-hydroxylation sites is 1. The predicted molar refractivity (Wildman–Crippen MR) is 118 cm³/mol. The molecule has 1 unspecified atom stereocenters. The van der Waals surface area contributed by atoms with E-state index in [9.17, 15) is 9.59 Å². The third-order valence-corrected chi connectivity index (χ3v) is 5.74. The number of ether oxygens (including phenoxy) is 2. The molecule has 2 aromatic carbocycles. The molecule has 0 saturated heterocycles. The summed E-state index contributed by atoms with van der Waals surface area (Å²) < 4.78 is 11.6. The van der Waals surface area contributed by atoms with Crippen molar-refractivity contribution in [1.82, 2.24) is 5.32 Å². The van der Waals surface area contributed by atoms with Crippen molar-refractivity contribution in [2.45, 2.75) is 45.6 Å². The first-order valence-corrected chi connectivity index (χ1v) is 10.8. The van der Waals surface area contributed by atoms with E-state index in [0.29, 0.717) is 29.9 Å². The standard InChI is InChI=1S/C26H27NO4/c1-3-30-26(29)23-17(2)27-20-13-9-14-21(28)25(20)24(23)19-12-7-8-15-22(19)31-16-18-10-5-4-6-11-18/h4-8,10-12,15,24,27H,3,9,13-14,16H2,1-2H3. The molecule has 1 heterocycles. The Labute approximate surface area is 182 Å². The molecule has 5 nitrogen and oxygen atoms in total. The summed E-state index contributed by atoms with van der Waals surface area (Å²) in [5, 5.41) is 3.31. The minimum atomic E-state index is -0.505. The summed E-state index contributed by atoms with van der Waals surface area (Å²) in [7, 11) is 0. The molecule has 0 aromatic heterocycles. The minimum absolute atomic E-state index is 0.0749. The van der Waals surface area contributed by atoms with Gasteiger partial charge in [-0.1, -0.05) is 48.5 Å². The van der Waals surface area contributed by atoms with Crippen LogP contribution in [0.15, 0.2) is 77.1 Å². The number of allylic oxidation sites excluding steroid dienone is 3. The van der Waals surface area contributed by atoms with E-state index in [2.05, 4.69) is 5.32 Å². The van der Waals surface area contributed by atoms with Gasteiger partial charge in [0, 0.05) is 29.0 Å². The lowest BCUT2D eigenvalue weighted by atomic mass is 9.75. The number of rotatable bonds is 6. The van der Waals surface area contributed by atoms with Gasteiger partial charge >= 0.3 is 5.97 Å². The van der Waals surface area contributed by atoms with Crippen molar-refractivity contribution < 1.29 is 19.1 Å². The molecule has 2 aliphatic rings. The van der Waals surface area contributed by atoms with E-state index in [4.69, 9.17) is 9.47 Å². The first kappa shape index (κ1) is 20.9. The molecular formula is C26H27NO4. The number of nitrogens with one attached hydrogen (secondary N) is 1. The van der Waals surface area contributed by atoms with Crippen LogP contribution in [-0.2, 0) is 20.9 Å². The molecule has 0 bridgehead atoms. The number of hydrogen-bond acceptors (Lipinski definition) is 5. The Morgan fingerprint density at radius 1 is 1.06 bits per heavy atom. The SMILES string of the molecule is CCOC(=O)C1=C(C)NC2=C(C(=O)CCC2)C1c1ccccc1OCc1ccccc1. The maximum atomic E-state index is 13.0. The molecule has 0 spiro atoms. The van der Waals surface area contributed by atoms with Crippen LogP contribution in [0.4, 0.5) is 0 Å². The van der Waals surface area contributed by atoms with Gasteiger partial charge < -0.3 is 14.8 Å². The van der Waals surface area contributed by atoms with E-state index in [1.54, 1.807) is 6.92 Å². The summed E-state index contributed by atoms with van der Waals surface area (Å²) in [5.74, 6) is -0.167. The van der Waals surface area contributed by atoms with Gasteiger partial charge in [0.15, 0.2) is 5.78 Å². The fourth-order valence-corrected chi connectivity index (χ4v) is 4.36. The van der Waals surface area contributed by atoms with Crippen molar-refractivity contribution in [3.05, 3.63) is 88.3 Å². The fourth-order valence-electron chi connectivity index (χ4n) is 4.36. The number of Topliss-reactive ketones (excluding diaryl/α,β-unsaturated/α-hetero) is 1. The zero-order chi connectivity index (χ0) is 21.8. The summed E-state index contributed by atoms with van der Waals surface area (Å²) in [5.41, 5.74) is 4.64. The van der Waals surface area contributed by atoms with Crippen LogP contribution in [0.25, 0.3) is 0 Å². The van der Waals surface area contributed by atoms with Gasteiger partial charge in [0.05, 0.1) is 18.1 Å². The number of dihydropyridines is 1. The average molecular weight is 418 g/mol. The van der Waals surface area contributed by atoms with Crippen molar-refractivity contribution in [1.29, 1.82) is 0 Å². The number of carbonyl (C=O) groups is 2. The van der Waals surface area contributed by atoms with Gasteiger partial charge in [-0.2, -0.15) is 0 Å². The van der Waals surface area contributed by atoms with Crippen molar-refractivity contribution in [3.63, 3.8) is 0 Å². The topological polar surface area (TPSA) is 64.6 Å². The molecule has 1 N–H and O–H groups in total. The van der Waals surface area contributed by atoms with Crippen LogP contribution in [0.3, 0.4) is 0 Å². The lowest BCUT2D eigenvalue weighted by Crippen LogP contribution is -2.34. The monoisotopic (exact) mass is 417 g/mol. The van der Waals surface area contributed by atoms with Crippen molar-refractivity contribution in [2.75, 3.05) is 6.61 Å². The average Bonchev–Trinajstić information content (AvgIpc) is 2.78. The number of carbonyl (C=O) groups excluding carboxylic acids is 2. The Hall–Kier alpha value is -3.34. The highest BCUT2D eigenvalue weighted by Gasteiger charge is 2.40. The Balaban J connectivity index is 1.78. The molecule has 0 saturated carbocycles. The van der Waals surface area contributed by atoms with Crippen molar-refractivity contribution >= 4 is 11.8 Å². The quantitative estimate of drug-likeness (QED) is 0.684. The van der Waals surface area contributed by atoms with E-state index in [0.717, 1.165) is 35.4 Å². The first-order chi connectivity index (χ1) is 15.1. The molecule has 1 aliphatic heterocycles. The zero-order valence-corrected chi connectivity index (χ0v) is 17.9. The van der Waals surface area contributed by atoms with E-state index in [1.807, 2.05) is 61.5 Å². The van der Waals surface area contributed by atoms with Gasteiger partial charge in [-0.3, -0.25) is 4.79 Å². The third-order valence-electron chi connectivity index (χ3n) is 5.74. The van der Waals surface area contributed by atoms with E-state index >= 15 is 0 Å². The summed E-state index contributed by atoms with van der Waals surface area (Å²) >= 11 is 0. The number of esters is 1. The Kier molecular flexibility index (Phi) is 6.21. The maximum Gasteiger partial charge on any atom is 0.336 e. The minimum Gasteiger partial charge on any atom is -0.489 e. The predicted octanol–water partition coefficient (Wildman–Crippen LogP) is 4.80. The molecule has 5 heteroatoms. The van der Waals surface area contributed by atoms with E-state index < -0.39 is 11.9 Å². The van der Waals surface area contributed by atoms with Crippen LogP contribution in [-0.4, -0.2) is 18.4 Å². The normalized spacial score (nSPS) is 18.4. The summed E-state index contributed by atoms with van der Waals surface area (Å²) in [6.07, 6.45) is 2.09. The zero-order valence-electron chi connectivity index (χ0n) is 17.9. The van der Waals surface area contributed by atoms with Crippen LogP contribution in [0.2, 0.25) is 0 Å². The van der Waals surface area contributed by atoms with Gasteiger partial charge in [-0.25, -0.2) is 4.79 Å². The van der Waals surface area contributed by atoms with Gasteiger partial charge in [-0.15, -0.1) is 0 Å². The first-order valence-electron chi connectivity index (χ1n) is 10.8. The molecule has 1 aliphatic carbocycles. The second-order valence-corrected chi connectivity index (χ2v) is 7.80. The molecule has 0 fully saturated rings. The summed E-state index contributed by atoms with van der Waals surface area (Å²) in [6, 6.07) is 17.6. The molecule has 0 amide bonds. The van der Waals surface area contributed by atoms with Crippen molar-refractivity contribution in [2.24, 2.45) is 0 Å². The maximum absolute atomic E-state index is 13.0. The van der Waals surface area contributed by atoms with Gasteiger partial charge in [0.1, 0.15) is 12.4 Å². The lowest BCUT2D eigenvalue weighted by Gasteiger charge is -2.34. The second kappa shape index (κ2) is 9.21. The van der Waals surface area contributed by atoms with Gasteiger partial charge in [0.2, 0.25) is 0 Å². The van der Waals surface area contributed by atoms with Gasteiger partial charge in [-0.05, 0) is 38.3 Å². The number of hydrogen-bond donors (Lipinski definition) is 1. The largest absolute Gasteiger partial charge is 0.489 e. The van der Waals surface area contributed by atoms with E-state index in [-0.39, 0.29) is 12.4 Å². The molecule has 1 atom stereocenters.